The van der Waals surface area contributed by atoms with Crippen molar-refractivity contribution in [3.8, 4) is 28.2 Å². The number of para-hydroxylation sites is 4. The largest absolute Gasteiger partial charge is 0.310 e. The summed E-state index contributed by atoms with van der Waals surface area (Å²) in [7, 11) is 0. The minimum absolute atomic E-state index is 0.887. The highest BCUT2D eigenvalue weighted by atomic mass is 15.1. The van der Waals surface area contributed by atoms with Gasteiger partial charge in [-0.05, 0) is 78.7 Å². The van der Waals surface area contributed by atoms with Crippen molar-refractivity contribution in [2.75, 3.05) is 4.90 Å². The molecule has 0 saturated carbocycles. The smallest absolute Gasteiger partial charge is 0.0973 e. The van der Waals surface area contributed by atoms with Gasteiger partial charge >= 0.3 is 0 Å². The van der Waals surface area contributed by atoms with Gasteiger partial charge in [0.15, 0.2) is 0 Å². The number of nitrogens with zero attached hydrogens (tertiary/aromatic N) is 4. The van der Waals surface area contributed by atoms with Gasteiger partial charge in [0.05, 0.1) is 33.5 Å². The number of hydrogen-bond acceptors (Lipinski definition) is 3. The van der Waals surface area contributed by atoms with E-state index in [2.05, 4.69) is 186 Å². The number of aromatic nitrogens is 3. The average molecular weight is 643 g/mol. The molecule has 7 aromatic carbocycles. The lowest BCUT2D eigenvalue weighted by Crippen LogP contribution is -2.09. The van der Waals surface area contributed by atoms with Crippen LogP contribution in [0.15, 0.2) is 176 Å². The van der Waals surface area contributed by atoms with Crippen molar-refractivity contribution in [1.82, 2.24) is 14.5 Å². The highest BCUT2D eigenvalue weighted by Gasteiger charge is 2.19. The Balaban J connectivity index is 1.20. The third-order valence-corrected chi connectivity index (χ3v) is 9.55. The zero-order chi connectivity index (χ0) is 33.4. The second-order valence-corrected chi connectivity index (χ2v) is 12.5. The van der Waals surface area contributed by atoms with Crippen LogP contribution in [0.4, 0.5) is 17.1 Å². The van der Waals surface area contributed by atoms with E-state index < -0.39 is 0 Å². The van der Waals surface area contributed by atoms with Crippen LogP contribution < -0.4 is 4.90 Å². The van der Waals surface area contributed by atoms with E-state index in [1.165, 1.54) is 27.4 Å². The Morgan fingerprint density at radius 1 is 0.480 bits per heavy atom. The van der Waals surface area contributed by atoms with E-state index in [4.69, 9.17) is 9.97 Å². The second-order valence-electron chi connectivity index (χ2n) is 12.5. The van der Waals surface area contributed by atoms with Crippen molar-refractivity contribution in [3.63, 3.8) is 0 Å². The fraction of sp³-hybridized carbons (Fsp3) is 0.0435. The topological polar surface area (TPSA) is 34.0 Å². The maximum absolute atomic E-state index is 5.30. The van der Waals surface area contributed by atoms with Gasteiger partial charge in [-0.1, -0.05) is 116 Å². The summed E-state index contributed by atoms with van der Waals surface area (Å²) in [4.78, 5) is 12.8. The first kappa shape index (κ1) is 29.6. The van der Waals surface area contributed by atoms with Crippen molar-refractivity contribution in [1.29, 1.82) is 0 Å². The Morgan fingerprint density at radius 3 is 1.84 bits per heavy atom. The number of hydrogen-bond donors (Lipinski definition) is 0. The first-order valence-electron chi connectivity index (χ1n) is 17.2. The number of aryl methyl sites for hydroxylation is 1. The SMILES string of the molecule is CCc1cccc2nc(-c3ccccc3)c(-c3ccc(N(c4ccccc4)c4ccc5c(c4)c4ccccc4n5-c4ccccc4)cc3)nc12. The van der Waals surface area contributed by atoms with Crippen molar-refractivity contribution in [2.24, 2.45) is 0 Å². The van der Waals surface area contributed by atoms with Crippen LogP contribution in [0.5, 0.6) is 0 Å². The lowest BCUT2D eigenvalue weighted by molar-refractivity contribution is 1.14. The van der Waals surface area contributed by atoms with E-state index in [0.29, 0.717) is 0 Å². The van der Waals surface area contributed by atoms with Crippen LogP contribution >= 0.6 is 0 Å². The molecule has 0 unspecified atom stereocenters. The van der Waals surface area contributed by atoms with Gasteiger partial charge in [0, 0.05) is 44.6 Å². The fourth-order valence-electron chi connectivity index (χ4n) is 7.17. The van der Waals surface area contributed by atoms with Crippen LogP contribution in [-0.4, -0.2) is 14.5 Å². The maximum Gasteiger partial charge on any atom is 0.0973 e. The molecule has 50 heavy (non-hydrogen) atoms. The van der Waals surface area contributed by atoms with Crippen LogP contribution in [0, 0.1) is 0 Å². The molecule has 0 bridgehead atoms. The van der Waals surface area contributed by atoms with Crippen molar-refractivity contribution in [2.45, 2.75) is 13.3 Å². The zero-order valence-electron chi connectivity index (χ0n) is 27.7. The van der Waals surface area contributed by atoms with Crippen molar-refractivity contribution < 1.29 is 0 Å². The Morgan fingerprint density at radius 2 is 1.08 bits per heavy atom. The van der Waals surface area contributed by atoms with Crippen molar-refractivity contribution in [3.05, 3.63) is 181 Å². The second kappa shape index (κ2) is 12.5. The molecule has 0 saturated heterocycles. The molecule has 2 heterocycles. The normalized spacial score (nSPS) is 11.4. The molecule has 0 aliphatic carbocycles. The van der Waals surface area contributed by atoms with Gasteiger partial charge in [-0.2, -0.15) is 0 Å². The quantitative estimate of drug-likeness (QED) is 0.173. The van der Waals surface area contributed by atoms with Gasteiger partial charge in [-0.3, -0.25) is 0 Å². The molecule has 0 atom stereocenters. The molecule has 9 aromatic rings. The molecular weight excluding hydrogens is 609 g/mol. The lowest BCUT2D eigenvalue weighted by Gasteiger charge is -2.26. The molecule has 4 heteroatoms. The van der Waals surface area contributed by atoms with E-state index in [1.807, 2.05) is 6.07 Å². The van der Waals surface area contributed by atoms with Crippen LogP contribution in [0.25, 0.3) is 61.0 Å². The predicted molar refractivity (Wildman–Crippen MR) is 209 cm³/mol. The molecule has 4 nitrogen and oxygen atoms in total. The van der Waals surface area contributed by atoms with E-state index in [1.54, 1.807) is 0 Å². The molecule has 9 rings (SSSR count). The highest BCUT2D eigenvalue weighted by molar-refractivity contribution is 6.10. The number of fused-ring (bicyclic) bond motifs is 4. The van der Waals surface area contributed by atoms with E-state index >= 15 is 0 Å². The Bertz CT molecular complexity index is 2610. The lowest BCUT2D eigenvalue weighted by atomic mass is 10.0. The Labute approximate surface area is 291 Å². The molecule has 0 N–H and O–H groups in total. The molecule has 2 aromatic heterocycles. The first-order valence-corrected chi connectivity index (χ1v) is 17.2. The van der Waals surface area contributed by atoms with Gasteiger partial charge in [0.1, 0.15) is 0 Å². The number of rotatable bonds is 7. The summed E-state index contributed by atoms with van der Waals surface area (Å²) < 4.78 is 2.36. The van der Waals surface area contributed by atoms with Crippen molar-refractivity contribution >= 4 is 49.9 Å². The molecule has 0 aliphatic heterocycles. The Kier molecular flexibility index (Phi) is 7.40. The third-order valence-electron chi connectivity index (χ3n) is 9.55. The van der Waals surface area contributed by atoms with Gasteiger partial charge < -0.3 is 9.47 Å². The zero-order valence-corrected chi connectivity index (χ0v) is 27.7. The summed E-state index contributed by atoms with van der Waals surface area (Å²) in [6.45, 7) is 2.17. The van der Waals surface area contributed by atoms with E-state index in [0.717, 1.165) is 62.7 Å². The first-order chi connectivity index (χ1) is 24.8. The molecular formula is C46H34N4. The molecule has 0 amide bonds. The van der Waals surface area contributed by atoms with Gasteiger partial charge in [0.2, 0.25) is 0 Å². The summed E-state index contributed by atoms with van der Waals surface area (Å²) in [5.74, 6) is 0. The average Bonchev–Trinajstić information content (AvgIpc) is 3.52. The fourth-order valence-corrected chi connectivity index (χ4v) is 7.17. The van der Waals surface area contributed by atoms with Crippen LogP contribution in [0.1, 0.15) is 12.5 Å². The highest BCUT2D eigenvalue weighted by Crippen LogP contribution is 2.41. The summed E-state index contributed by atoms with van der Waals surface area (Å²) in [5, 5.41) is 2.44. The minimum atomic E-state index is 0.887. The van der Waals surface area contributed by atoms with Crippen LogP contribution in [-0.2, 0) is 6.42 Å². The molecule has 0 spiro atoms. The monoisotopic (exact) mass is 642 g/mol. The summed E-state index contributed by atoms with van der Waals surface area (Å²) >= 11 is 0. The molecule has 0 fully saturated rings. The standard InChI is InChI=1S/C46H34N4/c1-2-32-17-14-23-41-44(32)48-46(45(47-41)33-15-6-3-7-16-33)34-25-27-37(28-26-34)49(35-18-8-4-9-19-35)38-29-30-43-40(31-38)39-22-12-13-24-42(39)50(43)36-20-10-5-11-21-36/h3-31H,2H2,1H3. The summed E-state index contributed by atoms with van der Waals surface area (Å²) in [6, 6.07) is 62.1. The van der Waals surface area contributed by atoms with E-state index in [-0.39, 0.29) is 0 Å². The number of anilines is 3. The van der Waals surface area contributed by atoms with Gasteiger partial charge in [-0.25, -0.2) is 9.97 Å². The summed E-state index contributed by atoms with van der Waals surface area (Å²) in [5.41, 5.74) is 13.7. The predicted octanol–water partition coefficient (Wildman–Crippen LogP) is 12.1. The van der Waals surface area contributed by atoms with Gasteiger partial charge in [0.25, 0.3) is 0 Å². The van der Waals surface area contributed by atoms with Crippen LogP contribution in [0.3, 0.4) is 0 Å². The van der Waals surface area contributed by atoms with E-state index in [9.17, 15) is 0 Å². The third kappa shape index (κ3) is 5.10. The minimum Gasteiger partial charge on any atom is -0.310 e. The maximum atomic E-state index is 5.30. The van der Waals surface area contributed by atoms with Crippen LogP contribution in [0.2, 0.25) is 0 Å². The number of benzene rings is 7. The molecule has 0 radical (unpaired) electrons. The Hall–Kier alpha value is -6.52. The van der Waals surface area contributed by atoms with Gasteiger partial charge in [-0.15, -0.1) is 0 Å². The molecule has 0 aliphatic rings. The summed E-state index contributed by atoms with van der Waals surface area (Å²) in [6.07, 6.45) is 0.898. The molecule has 238 valence electrons.